The number of hydrogen-bond acceptors (Lipinski definition) is 4. The van der Waals surface area contributed by atoms with E-state index in [1.54, 1.807) is 19.9 Å². The molecule has 1 aliphatic rings. The van der Waals surface area contributed by atoms with Gasteiger partial charge in [-0.25, -0.2) is 4.79 Å². The highest BCUT2D eigenvalue weighted by molar-refractivity contribution is 7.87. The minimum atomic E-state index is -3.86. The second-order valence-electron chi connectivity index (χ2n) is 3.21. The van der Waals surface area contributed by atoms with E-state index in [1.807, 2.05) is 0 Å². The first kappa shape index (κ1) is 9.21. The average molecular weight is 212 g/mol. The Hall–Kier alpha value is -1.36. The largest absolute Gasteiger partial charge is 0.355 e. The molecule has 0 fully saturated rings. The molecule has 0 aliphatic carbocycles. The number of hydrogen-bond donors (Lipinski definition) is 0. The van der Waals surface area contributed by atoms with Crippen molar-refractivity contribution in [3.63, 3.8) is 0 Å². The quantitative estimate of drug-likeness (QED) is 0.605. The van der Waals surface area contributed by atoms with Gasteiger partial charge in [-0.3, -0.25) is 0 Å². The monoisotopic (exact) mass is 212 g/mol. The lowest BCUT2D eigenvalue weighted by Gasteiger charge is -2.02. The van der Waals surface area contributed by atoms with Crippen molar-refractivity contribution in [3.8, 4) is 0 Å². The number of rotatable bonds is 0. The third kappa shape index (κ3) is 1.05. The van der Waals surface area contributed by atoms with Crippen LogP contribution in [-0.2, 0) is 14.3 Å². The van der Waals surface area contributed by atoms with Gasteiger partial charge in [-0.1, -0.05) is 6.07 Å². The summed E-state index contributed by atoms with van der Waals surface area (Å²) in [5.74, 6) is -0.789. The maximum atomic E-state index is 11.4. The van der Waals surface area contributed by atoms with Crippen LogP contribution < -0.4 is 0 Å². The summed E-state index contributed by atoms with van der Waals surface area (Å²) in [6.45, 7) is 3.45. The Balaban J connectivity index is 2.91. The van der Waals surface area contributed by atoms with Crippen LogP contribution in [0.3, 0.4) is 0 Å². The van der Waals surface area contributed by atoms with Gasteiger partial charge in [-0.2, -0.15) is 8.42 Å². The molecule has 0 radical (unpaired) electrons. The highest BCUT2D eigenvalue weighted by Gasteiger charge is 2.37. The Morgan fingerprint density at radius 1 is 1.21 bits per heavy atom. The van der Waals surface area contributed by atoms with Gasteiger partial charge in [-0.15, -0.1) is 0 Å². The second kappa shape index (κ2) is 2.57. The Labute approximate surface area is 81.6 Å². The lowest BCUT2D eigenvalue weighted by molar-refractivity contribution is 0.0762. The summed E-state index contributed by atoms with van der Waals surface area (Å²) < 4.78 is 27.1. The fraction of sp³-hybridized carbons (Fsp3) is 0.222. The van der Waals surface area contributed by atoms with E-state index in [9.17, 15) is 13.2 Å². The Morgan fingerprint density at radius 2 is 1.86 bits per heavy atom. The van der Waals surface area contributed by atoms with Crippen molar-refractivity contribution in [2.45, 2.75) is 18.7 Å². The van der Waals surface area contributed by atoms with Crippen molar-refractivity contribution in [2.24, 2.45) is 0 Å². The normalized spacial score (nSPS) is 17.7. The van der Waals surface area contributed by atoms with E-state index in [2.05, 4.69) is 4.18 Å². The van der Waals surface area contributed by atoms with Gasteiger partial charge in [0.2, 0.25) is 0 Å². The van der Waals surface area contributed by atoms with E-state index < -0.39 is 16.1 Å². The molecule has 14 heavy (non-hydrogen) atoms. The molecule has 1 heterocycles. The van der Waals surface area contributed by atoms with Gasteiger partial charge in [0.15, 0.2) is 0 Å². The summed E-state index contributed by atoms with van der Waals surface area (Å²) in [7, 11) is -3.86. The molecule has 0 unspecified atom stereocenters. The average Bonchev–Trinajstić information content (AvgIpc) is 2.29. The predicted molar refractivity (Wildman–Crippen MR) is 48.5 cm³/mol. The van der Waals surface area contributed by atoms with Gasteiger partial charge >= 0.3 is 16.1 Å². The molecule has 74 valence electrons. The summed E-state index contributed by atoms with van der Waals surface area (Å²) in [5, 5.41) is 0. The van der Waals surface area contributed by atoms with Crippen LogP contribution in [0.4, 0.5) is 0 Å². The predicted octanol–water partition coefficient (Wildman–Crippen LogP) is 1.16. The van der Waals surface area contributed by atoms with Crippen molar-refractivity contribution in [3.05, 3.63) is 28.8 Å². The van der Waals surface area contributed by atoms with Gasteiger partial charge < -0.3 is 4.18 Å². The van der Waals surface area contributed by atoms with Crippen LogP contribution in [0.25, 0.3) is 0 Å². The van der Waals surface area contributed by atoms with E-state index in [0.717, 1.165) is 5.56 Å². The van der Waals surface area contributed by atoms with E-state index in [4.69, 9.17) is 0 Å². The fourth-order valence-electron chi connectivity index (χ4n) is 1.46. The molecular weight excluding hydrogens is 204 g/mol. The Kier molecular flexibility index (Phi) is 1.69. The summed E-state index contributed by atoms with van der Waals surface area (Å²) in [5.41, 5.74) is 1.53. The Morgan fingerprint density at radius 3 is 2.50 bits per heavy atom. The van der Waals surface area contributed by atoms with Crippen molar-refractivity contribution < 1.29 is 17.4 Å². The molecule has 5 heteroatoms. The lowest BCUT2D eigenvalue weighted by atomic mass is 10.1. The molecule has 0 saturated heterocycles. The molecule has 0 N–H and O–H groups in total. The van der Waals surface area contributed by atoms with Gasteiger partial charge in [-0.05, 0) is 31.0 Å². The molecule has 0 atom stereocenters. The number of aryl methyl sites for hydroxylation is 1. The first-order chi connectivity index (χ1) is 6.43. The summed E-state index contributed by atoms with van der Waals surface area (Å²) in [4.78, 5) is 11.2. The molecule has 0 aromatic heterocycles. The first-order valence-corrected chi connectivity index (χ1v) is 5.43. The third-order valence-electron chi connectivity index (χ3n) is 2.33. The van der Waals surface area contributed by atoms with E-state index >= 15 is 0 Å². The van der Waals surface area contributed by atoms with Crippen LogP contribution in [0.5, 0.6) is 0 Å². The number of benzene rings is 1. The molecule has 1 aromatic rings. The van der Waals surface area contributed by atoms with Crippen molar-refractivity contribution in [2.75, 3.05) is 0 Å². The Bertz CT molecular complexity index is 528. The molecule has 0 bridgehead atoms. The minimum absolute atomic E-state index is 0.0162. The second-order valence-corrected chi connectivity index (χ2v) is 4.69. The molecule has 0 saturated carbocycles. The molecule has 1 aromatic carbocycles. The van der Waals surface area contributed by atoms with E-state index in [0.29, 0.717) is 5.56 Å². The zero-order chi connectivity index (χ0) is 10.5. The molecule has 0 amide bonds. The summed E-state index contributed by atoms with van der Waals surface area (Å²) in [6, 6.07) is 3.18. The van der Waals surface area contributed by atoms with Crippen LogP contribution in [0.1, 0.15) is 21.5 Å². The molecular formula is C9H8O4S. The highest BCUT2D eigenvalue weighted by atomic mass is 32.2. The fourth-order valence-corrected chi connectivity index (χ4v) is 2.79. The smallest absolute Gasteiger partial charge is 0.338 e. The number of carbonyl (C=O) groups is 1. The summed E-state index contributed by atoms with van der Waals surface area (Å²) in [6.07, 6.45) is 0. The minimum Gasteiger partial charge on any atom is -0.338 e. The lowest BCUT2D eigenvalue weighted by Crippen LogP contribution is -2.01. The maximum absolute atomic E-state index is 11.4. The van der Waals surface area contributed by atoms with Crippen LogP contribution in [0.15, 0.2) is 17.0 Å². The zero-order valence-electron chi connectivity index (χ0n) is 7.70. The SMILES string of the molecule is Cc1ccc2c(c1C)S(=O)(=O)OC2=O. The van der Waals surface area contributed by atoms with Crippen molar-refractivity contribution in [1.29, 1.82) is 0 Å². The number of fused-ring (bicyclic) bond motifs is 1. The third-order valence-corrected chi connectivity index (χ3v) is 3.73. The molecule has 4 nitrogen and oxygen atoms in total. The van der Waals surface area contributed by atoms with Gasteiger partial charge in [0.25, 0.3) is 0 Å². The maximum Gasteiger partial charge on any atom is 0.355 e. The molecule has 2 rings (SSSR count). The molecule has 0 spiro atoms. The standard InChI is InChI=1S/C9H8O4S/c1-5-3-4-7-8(6(5)2)14(11,12)13-9(7)10/h3-4H,1-2H3. The van der Waals surface area contributed by atoms with Crippen LogP contribution >= 0.6 is 0 Å². The van der Waals surface area contributed by atoms with Gasteiger partial charge in [0, 0.05) is 0 Å². The van der Waals surface area contributed by atoms with Gasteiger partial charge in [0.05, 0.1) is 5.56 Å². The highest BCUT2D eigenvalue weighted by Crippen LogP contribution is 2.31. The van der Waals surface area contributed by atoms with Crippen LogP contribution in [0, 0.1) is 13.8 Å². The molecule has 1 aliphatic heterocycles. The van der Waals surface area contributed by atoms with E-state index in [1.165, 1.54) is 6.07 Å². The van der Waals surface area contributed by atoms with E-state index in [-0.39, 0.29) is 10.5 Å². The van der Waals surface area contributed by atoms with Gasteiger partial charge in [0.1, 0.15) is 4.90 Å². The van der Waals surface area contributed by atoms with Crippen molar-refractivity contribution >= 4 is 16.1 Å². The topological polar surface area (TPSA) is 60.4 Å². The number of carbonyl (C=O) groups excluding carboxylic acids is 1. The first-order valence-electron chi connectivity index (χ1n) is 4.02. The van der Waals surface area contributed by atoms with Crippen LogP contribution in [0.2, 0.25) is 0 Å². The van der Waals surface area contributed by atoms with Crippen LogP contribution in [-0.4, -0.2) is 14.4 Å². The summed E-state index contributed by atoms with van der Waals surface area (Å²) >= 11 is 0. The zero-order valence-corrected chi connectivity index (χ0v) is 8.51. The van der Waals surface area contributed by atoms with Crippen molar-refractivity contribution in [1.82, 2.24) is 0 Å².